The minimum Gasteiger partial charge on any atom is -0.354 e. The van der Waals surface area contributed by atoms with E-state index in [4.69, 9.17) is 16.8 Å². The molecule has 39 heavy (non-hydrogen) atoms. The van der Waals surface area contributed by atoms with Crippen molar-refractivity contribution in [2.45, 2.75) is 39.5 Å². The highest BCUT2D eigenvalue weighted by Gasteiger charge is 2.19. The average Bonchev–Trinajstić information content (AvgIpc) is 3.39. The Labute approximate surface area is 236 Å². The van der Waals surface area contributed by atoms with E-state index < -0.39 is 0 Å². The molecule has 11 nitrogen and oxygen atoms in total. The number of amides is 2. The third-order valence-corrected chi connectivity index (χ3v) is 7.68. The first-order valence-electron chi connectivity index (χ1n) is 12.9. The number of nitrogens with one attached hydrogen (secondary N) is 3. The Balaban J connectivity index is 1.29. The fraction of sp³-hybridized carbons (Fsp3) is 0.423. The second kappa shape index (κ2) is 13.7. The number of halogens is 1. The minimum atomic E-state index is -0.332. The topological polar surface area (TPSA) is 136 Å². The van der Waals surface area contributed by atoms with Crippen molar-refractivity contribution in [3.8, 4) is 0 Å². The molecule has 0 spiro atoms. The molecule has 2 aromatic heterocycles. The van der Waals surface area contributed by atoms with Crippen molar-refractivity contribution < 1.29 is 14.8 Å². The lowest BCUT2D eigenvalue weighted by molar-refractivity contribution is -0.129. The number of rotatable bonds is 11. The maximum absolute atomic E-state index is 12.8. The highest BCUT2D eigenvalue weighted by atomic mass is 35.5. The molecule has 0 radical (unpaired) electrons. The first-order chi connectivity index (χ1) is 18.8. The van der Waals surface area contributed by atoms with Gasteiger partial charge in [0, 0.05) is 38.7 Å². The van der Waals surface area contributed by atoms with E-state index in [0.29, 0.717) is 38.8 Å². The lowest BCUT2D eigenvalue weighted by Crippen LogP contribution is -2.47. The number of nitrogens with zero attached hydrogens (tertiary/aromatic N) is 5. The number of aryl methyl sites for hydroxylation is 2. The molecular formula is C26H33ClN8O3S. The number of unbranched alkanes of at least 4 members (excludes halogenated alkanes) is 2. The molecule has 0 saturated carbocycles. The highest BCUT2D eigenvalue weighted by Crippen LogP contribution is 2.28. The number of carbonyl (C=O) groups is 2. The number of hydrogen-bond donors (Lipinski definition) is 4. The van der Waals surface area contributed by atoms with E-state index in [1.54, 1.807) is 11.5 Å². The SMILES string of the molecule is Cc1nc(Nc2ncc(C(=O)Nc3c(C)cccc3Cl)s2)cc(N2CCN(CCCCCC(=O)NO)CC2)n1. The van der Waals surface area contributed by atoms with Crippen LogP contribution in [0.4, 0.5) is 22.5 Å². The van der Waals surface area contributed by atoms with Crippen molar-refractivity contribution in [3.05, 3.63) is 51.7 Å². The third kappa shape index (κ3) is 8.09. The van der Waals surface area contributed by atoms with Crippen LogP contribution in [0.3, 0.4) is 0 Å². The second-order valence-electron chi connectivity index (χ2n) is 9.37. The number of hydroxylamine groups is 1. The zero-order valence-corrected chi connectivity index (χ0v) is 23.6. The van der Waals surface area contributed by atoms with E-state index in [9.17, 15) is 9.59 Å². The molecule has 13 heteroatoms. The number of carbonyl (C=O) groups excluding carboxylic acids is 2. The van der Waals surface area contributed by atoms with Gasteiger partial charge in [-0.15, -0.1) is 0 Å². The first kappa shape index (κ1) is 28.7. The summed E-state index contributed by atoms with van der Waals surface area (Å²) < 4.78 is 0. The number of benzene rings is 1. The van der Waals surface area contributed by atoms with Gasteiger partial charge in [0.25, 0.3) is 5.91 Å². The zero-order valence-electron chi connectivity index (χ0n) is 22.0. The molecule has 1 aliphatic heterocycles. The molecule has 4 rings (SSSR count). The Morgan fingerprint density at radius 1 is 1.10 bits per heavy atom. The smallest absolute Gasteiger partial charge is 0.267 e. The van der Waals surface area contributed by atoms with Gasteiger partial charge in [0.2, 0.25) is 5.91 Å². The highest BCUT2D eigenvalue weighted by molar-refractivity contribution is 7.17. The predicted octanol–water partition coefficient (Wildman–Crippen LogP) is 4.39. The summed E-state index contributed by atoms with van der Waals surface area (Å²) in [4.78, 5) is 42.5. The number of para-hydroxylation sites is 1. The monoisotopic (exact) mass is 572 g/mol. The standard InChI is InChI=1S/C26H33ClN8O3S/c1-17-7-6-8-19(27)24(17)32-25(37)20-16-28-26(39-20)31-21-15-22(30-18(2)29-21)35-13-11-34(12-14-35)10-5-3-4-9-23(36)33-38/h6-8,15-16,38H,3-5,9-14H2,1-2H3,(H,32,37)(H,33,36)(H,28,29,30,31). The van der Waals surface area contributed by atoms with Gasteiger partial charge in [-0.1, -0.05) is 41.5 Å². The molecule has 1 saturated heterocycles. The van der Waals surface area contributed by atoms with Crippen LogP contribution >= 0.6 is 22.9 Å². The predicted molar refractivity (Wildman–Crippen MR) is 153 cm³/mol. The fourth-order valence-electron chi connectivity index (χ4n) is 4.34. The quantitative estimate of drug-likeness (QED) is 0.150. The zero-order chi connectivity index (χ0) is 27.8. The van der Waals surface area contributed by atoms with Gasteiger partial charge in [-0.2, -0.15) is 0 Å². The van der Waals surface area contributed by atoms with Crippen molar-refractivity contribution >= 4 is 57.2 Å². The molecule has 3 aromatic rings. The summed E-state index contributed by atoms with van der Waals surface area (Å²) in [6.07, 6.45) is 4.63. The van der Waals surface area contributed by atoms with Gasteiger partial charge < -0.3 is 15.5 Å². The Kier molecular flexibility index (Phi) is 10.0. The minimum absolute atomic E-state index is 0.273. The molecule has 0 aliphatic carbocycles. The summed E-state index contributed by atoms with van der Waals surface area (Å²) in [5, 5.41) is 15.7. The van der Waals surface area contributed by atoms with Gasteiger partial charge in [0.05, 0.1) is 16.9 Å². The lowest BCUT2D eigenvalue weighted by atomic mass is 10.1. The Morgan fingerprint density at radius 3 is 2.64 bits per heavy atom. The van der Waals surface area contributed by atoms with Crippen LogP contribution < -0.4 is 21.0 Å². The number of aromatic nitrogens is 3. The van der Waals surface area contributed by atoms with Crippen LogP contribution in [-0.2, 0) is 4.79 Å². The van der Waals surface area contributed by atoms with Gasteiger partial charge in [-0.25, -0.2) is 20.4 Å². The molecule has 0 unspecified atom stereocenters. The van der Waals surface area contributed by atoms with Crippen molar-refractivity contribution in [1.29, 1.82) is 0 Å². The van der Waals surface area contributed by atoms with Gasteiger partial charge >= 0.3 is 0 Å². The van der Waals surface area contributed by atoms with E-state index in [2.05, 4.69) is 35.4 Å². The lowest BCUT2D eigenvalue weighted by Gasteiger charge is -2.35. The van der Waals surface area contributed by atoms with E-state index in [-0.39, 0.29) is 11.8 Å². The van der Waals surface area contributed by atoms with E-state index in [1.807, 2.05) is 32.0 Å². The van der Waals surface area contributed by atoms with Gasteiger partial charge in [-0.05, 0) is 44.9 Å². The van der Waals surface area contributed by atoms with Crippen LogP contribution in [0.1, 0.15) is 46.7 Å². The van der Waals surface area contributed by atoms with Crippen molar-refractivity contribution in [1.82, 2.24) is 25.3 Å². The van der Waals surface area contributed by atoms with Crippen LogP contribution in [0, 0.1) is 13.8 Å². The average molecular weight is 573 g/mol. The van der Waals surface area contributed by atoms with Crippen LogP contribution in [0.15, 0.2) is 30.5 Å². The second-order valence-corrected chi connectivity index (χ2v) is 10.8. The van der Waals surface area contributed by atoms with E-state index in [1.165, 1.54) is 17.5 Å². The Hall–Kier alpha value is -3.32. The summed E-state index contributed by atoms with van der Waals surface area (Å²) in [6, 6.07) is 7.38. The molecule has 1 fully saturated rings. The van der Waals surface area contributed by atoms with Crippen LogP contribution in [0.2, 0.25) is 5.02 Å². The van der Waals surface area contributed by atoms with Crippen molar-refractivity contribution in [2.75, 3.05) is 48.3 Å². The summed E-state index contributed by atoms with van der Waals surface area (Å²) in [5.74, 6) is 1.51. The van der Waals surface area contributed by atoms with Gasteiger partial charge in [-0.3, -0.25) is 19.7 Å². The number of thiazole rings is 1. The molecule has 1 aromatic carbocycles. The normalized spacial score (nSPS) is 13.8. The van der Waals surface area contributed by atoms with E-state index >= 15 is 0 Å². The fourth-order valence-corrected chi connectivity index (χ4v) is 5.33. The van der Waals surface area contributed by atoms with Crippen LogP contribution in [-0.4, -0.2) is 69.6 Å². The van der Waals surface area contributed by atoms with Gasteiger partial charge in [0.1, 0.15) is 22.3 Å². The molecule has 3 heterocycles. The van der Waals surface area contributed by atoms with E-state index in [0.717, 1.165) is 63.4 Å². The third-order valence-electron chi connectivity index (χ3n) is 6.45. The molecule has 208 valence electrons. The number of piperazine rings is 1. The maximum atomic E-state index is 12.8. The largest absolute Gasteiger partial charge is 0.354 e. The molecule has 2 amide bonds. The van der Waals surface area contributed by atoms with Crippen molar-refractivity contribution in [3.63, 3.8) is 0 Å². The molecule has 0 atom stereocenters. The first-order valence-corrected chi connectivity index (χ1v) is 14.1. The van der Waals surface area contributed by atoms with Crippen LogP contribution in [0.25, 0.3) is 0 Å². The summed E-state index contributed by atoms with van der Waals surface area (Å²) in [5.41, 5.74) is 3.15. The molecule has 4 N–H and O–H groups in total. The maximum Gasteiger partial charge on any atom is 0.267 e. The summed E-state index contributed by atoms with van der Waals surface area (Å²) in [6.45, 7) is 8.30. The molecule has 1 aliphatic rings. The Morgan fingerprint density at radius 2 is 1.90 bits per heavy atom. The van der Waals surface area contributed by atoms with Gasteiger partial charge in [0.15, 0.2) is 5.13 Å². The summed E-state index contributed by atoms with van der Waals surface area (Å²) in [7, 11) is 0. The van der Waals surface area contributed by atoms with Crippen molar-refractivity contribution in [2.24, 2.45) is 0 Å². The van der Waals surface area contributed by atoms with Crippen LogP contribution in [0.5, 0.6) is 0 Å². The molecular weight excluding hydrogens is 540 g/mol. The Bertz CT molecular complexity index is 1280. The molecule has 0 bridgehead atoms. The number of hydrogen-bond acceptors (Lipinski definition) is 10. The number of anilines is 4. The summed E-state index contributed by atoms with van der Waals surface area (Å²) >= 11 is 7.48.